The van der Waals surface area contributed by atoms with Crippen molar-refractivity contribution in [2.24, 2.45) is 0 Å². The van der Waals surface area contributed by atoms with Crippen LogP contribution >= 0.6 is 0 Å². The molecule has 1 aromatic carbocycles. The summed E-state index contributed by atoms with van der Waals surface area (Å²) in [7, 11) is 0. The van der Waals surface area contributed by atoms with Crippen LogP contribution in [0.1, 0.15) is 24.8 Å². The van der Waals surface area contributed by atoms with E-state index in [9.17, 15) is 4.79 Å². The minimum absolute atomic E-state index is 0.0725. The lowest BCUT2D eigenvalue weighted by atomic mass is 10.1. The van der Waals surface area contributed by atoms with Gasteiger partial charge in [-0.05, 0) is 18.4 Å². The first kappa shape index (κ1) is 10.8. The Bertz CT molecular complexity index is 404. The molecule has 2 atom stereocenters. The van der Waals surface area contributed by atoms with Crippen LogP contribution in [-0.2, 0) is 16.0 Å². The van der Waals surface area contributed by atoms with Gasteiger partial charge in [-0.15, -0.1) is 0 Å². The molecule has 0 aromatic heterocycles. The van der Waals surface area contributed by atoms with Crippen LogP contribution in [0.25, 0.3) is 0 Å². The number of nitrogens with zero attached hydrogens (tertiary/aromatic N) is 1. The van der Waals surface area contributed by atoms with E-state index in [2.05, 4.69) is 24.3 Å². The molecule has 0 unspecified atom stereocenters. The zero-order valence-electron chi connectivity index (χ0n) is 9.84. The summed E-state index contributed by atoms with van der Waals surface area (Å²) in [6, 6.07) is 10.7. The molecule has 0 N–H and O–H groups in total. The van der Waals surface area contributed by atoms with Crippen LogP contribution in [-0.4, -0.2) is 29.7 Å². The van der Waals surface area contributed by atoms with Crippen molar-refractivity contribution in [3.63, 3.8) is 0 Å². The Kier molecular flexibility index (Phi) is 2.85. The van der Waals surface area contributed by atoms with Crippen molar-refractivity contribution in [2.45, 2.75) is 38.0 Å². The van der Waals surface area contributed by atoms with E-state index in [1.165, 1.54) is 5.56 Å². The lowest BCUT2D eigenvalue weighted by Gasteiger charge is -2.21. The van der Waals surface area contributed by atoms with Crippen molar-refractivity contribution in [2.75, 3.05) is 6.61 Å². The van der Waals surface area contributed by atoms with Crippen LogP contribution in [0.5, 0.6) is 0 Å². The van der Waals surface area contributed by atoms with Gasteiger partial charge < -0.3 is 9.64 Å². The molecule has 3 nitrogen and oxygen atoms in total. The highest BCUT2D eigenvalue weighted by atomic mass is 16.5. The minimum atomic E-state index is 0.0725. The van der Waals surface area contributed by atoms with Gasteiger partial charge in [-0.2, -0.15) is 0 Å². The van der Waals surface area contributed by atoms with Crippen LogP contribution in [0.2, 0.25) is 0 Å². The highest BCUT2D eigenvalue weighted by Gasteiger charge is 2.41. The van der Waals surface area contributed by atoms with Gasteiger partial charge in [0.2, 0.25) is 5.91 Å². The average Bonchev–Trinajstić information content (AvgIpc) is 2.92. The van der Waals surface area contributed by atoms with E-state index in [1.54, 1.807) is 0 Å². The summed E-state index contributed by atoms with van der Waals surface area (Å²) in [4.78, 5) is 13.7. The number of aryl methyl sites for hydroxylation is 1. The Labute approximate surface area is 101 Å². The Hall–Kier alpha value is -1.35. The first-order valence-corrected chi connectivity index (χ1v) is 6.31. The molecule has 0 spiro atoms. The molecule has 2 saturated heterocycles. The van der Waals surface area contributed by atoms with E-state index >= 15 is 0 Å². The van der Waals surface area contributed by atoms with E-state index in [-0.39, 0.29) is 18.2 Å². The summed E-state index contributed by atoms with van der Waals surface area (Å²) in [5, 5.41) is 0. The molecule has 3 rings (SSSR count). The van der Waals surface area contributed by atoms with Crippen molar-refractivity contribution in [3.05, 3.63) is 35.9 Å². The van der Waals surface area contributed by atoms with E-state index in [0.717, 1.165) is 19.3 Å². The molecule has 90 valence electrons. The predicted molar refractivity (Wildman–Crippen MR) is 64.4 cm³/mol. The highest BCUT2D eigenvalue weighted by molar-refractivity contribution is 5.79. The lowest BCUT2D eigenvalue weighted by Crippen LogP contribution is -2.36. The van der Waals surface area contributed by atoms with Gasteiger partial charge in [0.05, 0.1) is 12.6 Å². The maximum Gasteiger partial charge on any atom is 0.225 e. The molecule has 0 bridgehead atoms. The van der Waals surface area contributed by atoms with Gasteiger partial charge in [-0.25, -0.2) is 0 Å². The fourth-order valence-electron chi connectivity index (χ4n) is 2.78. The minimum Gasteiger partial charge on any atom is -0.356 e. The van der Waals surface area contributed by atoms with Crippen molar-refractivity contribution in [3.8, 4) is 0 Å². The third kappa shape index (κ3) is 2.07. The Morgan fingerprint density at radius 1 is 1.29 bits per heavy atom. The number of amides is 1. The molecule has 0 saturated carbocycles. The van der Waals surface area contributed by atoms with E-state index in [0.29, 0.717) is 13.0 Å². The highest BCUT2D eigenvalue weighted by Crippen LogP contribution is 2.30. The number of ether oxygens (including phenoxy) is 1. The van der Waals surface area contributed by atoms with Crippen molar-refractivity contribution < 1.29 is 9.53 Å². The van der Waals surface area contributed by atoms with Crippen molar-refractivity contribution in [1.29, 1.82) is 0 Å². The first-order valence-electron chi connectivity index (χ1n) is 6.31. The SMILES string of the molecule is O=C1CC[C@H]2OC[C@H](CCc3ccccc3)N12. The van der Waals surface area contributed by atoms with Gasteiger partial charge in [0.1, 0.15) is 6.23 Å². The molecule has 1 aromatic rings. The number of rotatable bonds is 3. The molecule has 17 heavy (non-hydrogen) atoms. The Morgan fingerprint density at radius 3 is 2.94 bits per heavy atom. The number of carbonyl (C=O) groups is 1. The normalized spacial score (nSPS) is 27.5. The van der Waals surface area contributed by atoms with Crippen LogP contribution in [0.4, 0.5) is 0 Å². The summed E-state index contributed by atoms with van der Waals surface area (Å²) < 4.78 is 5.65. The molecule has 2 aliphatic heterocycles. The second-order valence-corrected chi connectivity index (χ2v) is 4.81. The summed E-state index contributed by atoms with van der Waals surface area (Å²) in [6.07, 6.45) is 3.63. The molecule has 1 amide bonds. The average molecular weight is 231 g/mol. The third-order valence-electron chi connectivity index (χ3n) is 3.69. The van der Waals surface area contributed by atoms with Crippen molar-refractivity contribution in [1.82, 2.24) is 4.90 Å². The van der Waals surface area contributed by atoms with E-state index in [4.69, 9.17) is 4.74 Å². The van der Waals surface area contributed by atoms with Crippen molar-refractivity contribution >= 4 is 5.91 Å². The standard InChI is InChI=1S/C14H17NO2/c16-13-8-9-14-15(13)12(10-17-14)7-6-11-4-2-1-3-5-11/h1-5,12,14H,6-10H2/t12-,14+/m0/s1. The van der Waals surface area contributed by atoms with Gasteiger partial charge in [0.15, 0.2) is 0 Å². The lowest BCUT2D eigenvalue weighted by molar-refractivity contribution is -0.131. The van der Waals surface area contributed by atoms with Crippen LogP contribution in [0.15, 0.2) is 30.3 Å². The monoisotopic (exact) mass is 231 g/mol. The summed E-state index contributed by atoms with van der Waals surface area (Å²) in [5.41, 5.74) is 1.34. The predicted octanol–water partition coefficient (Wildman–Crippen LogP) is 1.97. The van der Waals surface area contributed by atoms with Gasteiger partial charge >= 0.3 is 0 Å². The number of carbonyl (C=O) groups excluding carboxylic acids is 1. The molecule has 0 aliphatic carbocycles. The second kappa shape index (κ2) is 4.49. The summed E-state index contributed by atoms with van der Waals surface area (Å²) in [6.45, 7) is 0.712. The Morgan fingerprint density at radius 2 is 2.12 bits per heavy atom. The zero-order chi connectivity index (χ0) is 11.7. The second-order valence-electron chi connectivity index (χ2n) is 4.81. The quantitative estimate of drug-likeness (QED) is 0.796. The number of hydrogen-bond acceptors (Lipinski definition) is 2. The maximum absolute atomic E-state index is 11.7. The van der Waals surface area contributed by atoms with Gasteiger partial charge in [-0.3, -0.25) is 4.79 Å². The Balaban J connectivity index is 1.61. The number of hydrogen-bond donors (Lipinski definition) is 0. The summed E-state index contributed by atoms with van der Waals surface area (Å²) >= 11 is 0. The van der Waals surface area contributed by atoms with Gasteiger partial charge in [-0.1, -0.05) is 30.3 Å². The molecular formula is C14H17NO2. The van der Waals surface area contributed by atoms with E-state index in [1.807, 2.05) is 11.0 Å². The van der Waals surface area contributed by atoms with Gasteiger partial charge in [0, 0.05) is 12.8 Å². The van der Waals surface area contributed by atoms with Crippen LogP contribution in [0.3, 0.4) is 0 Å². The van der Waals surface area contributed by atoms with E-state index < -0.39 is 0 Å². The topological polar surface area (TPSA) is 29.5 Å². The number of fused-ring (bicyclic) bond motifs is 1. The molecule has 2 aliphatic rings. The van der Waals surface area contributed by atoms with Gasteiger partial charge in [0.25, 0.3) is 0 Å². The molecule has 3 heteroatoms. The smallest absolute Gasteiger partial charge is 0.225 e. The first-order chi connectivity index (χ1) is 8.34. The maximum atomic E-state index is 11.7. The zero-order valence-corrected chi connectivity index (χ0v) is 9.84. The van der Waals surface area contributed by atoms with Crippen LogP contribution in [0, 0.1) is 0 Å². The molecule has 2 heterocycles. The molecule has 0 radical (unpaired) electrons. The molecule has 2 fully saturated rings. The number of benzene rings is 1. The fraction of sp³-hybridized carbons (Fsp3) is 0.500. The van der Waals surface area contributed by atoms with Crippen LogP contribution < -0.4 is 0 Å². The third-order valence-corrected chi connectivity index (χ3v) is 3.69. The molecular weight excluding hydrogens is 214 g/mol. The largest absolute Gasteiger partial charge is 0.356 e. The fourth-order valence-corrected chi connectivity index (χ4v) is 2.78. The summed E-state index contributed by atoms with van der Waals surface area (Å²) in [5.74, 6) is 0.269.